The van der Waals surface area contributed by atoms with Gasteiger partial charge in [0, 0.05) is 6.42 Å². The molecule has 0 spiro atoms. The summed E-state index contributed by atoms with van der Waals surface area (Å²) in [5, 5.41) is 14.1. The highest BCUT2D eigenvalue weighted by molar-refractivity contribution is 7.45. The number of aliphatic hydroxyl groups is 1. The van der Waals surface area contributed by atoms with Crippen LogP contribution in [0.2, 0.25) is 0 Å². The summed E-state index contributed by atoms with van der Waals surface area (Å²) in [4.78, 5) is 25.6. The summed E-state index contributed by atoms with van der Waals surface area (Å²) in [5.74, 6) is -0.154. The van der Waals surface area contributed by atoms with Crippen molar-refractivity contribution in [3.63, 3.8) is 0 Å². The van der Waals surface area contributed by atoms with E-state index in [1.54, 1.807) is 0 Å². The second-order valence-electron chi connectivity index (χ2n) is 25.3. The number of hydrogen-bond acceptors (Lipinski definition) is 6. The molecule has 0 aromatic carbocycles. The van der Waals surface area contributed by atoms with Crippen molar-refractivity contribution in [1.82, 2.24) is 5.32 Å². The third kappa shape index (κ3) is 61.1. The molecule has 0 saturated heterocycles. The third-order valence-electron chi connectivity index (χ3n) is 16.3. The van der Waals surface area contributed by atoms with Crippen molar-refractivity contribution >= 4 is 13.7 Å². The van der Waals surface area contributed by atoms with Crippen LogP contribution in [0.1, 0.15) is 373 Å². The number of likely N-dealkylation sites (N-methyl/N-ethyl adjacent to an activating group) is 1. The van der Waals surface area contributed by atoms with Crippen molar-refractivity contribution in [2.45, 2.75) is 386 Å². The van der Waals surface area contributed by atoms with Gasteiger partial charge in [-0.2, -0.15) is 0 Å². The van der Waals surface area contributed by atoms with Crippen molar-refractivity contribution in [2.24, 2.45) is 0 Å². The first-order valence-corrected chi connectivity index (χ1v) is 35.8. The van der Waals surface area contributed by atoms with Gasteiger partial charge in [0.25, 0.3) is 7.82 Å². The van der Waals surface area contributed by atoms with Gasteiger partial charge in [0.15, 0.2) is 0 Å². The number of aliphatic hydroxyl groups excluding tert-OH is 1. The van der Waals surface area contributed by atoms with Crippen LogP contribution in [0.15, 0.2) is 0 Å². The minimum Gasteiger partial charge on any atom is -0.756 e. The smallest absolute Gasteiger partial charge is 0.268 e. The Hall–Kier alpha value is -0.500. The summed E-state index contributed by atoms with van der Waals surface area (Å²) in [6, 6.07) is -0.796. The minimum atomic E-state index is -4.57. The van der Waals surface area contributed by atoms with Crippen LogP contribution in [0.3, 0.4) is 0 Å². The number of rotatable bonds is 65. The molecular formula is C67H137N2O6P. The highest BCUT2D eigenvalue weighted by Gasteiger charge is 2.24. The quantitative estimate of drug-likeness (QED) is 0.0357. The molecule has 0 aromatic heterocycles. The zero-order valence-corrected chi connectivity index (χ0v) is 53.2. The number of unbranched alkanes of at least 4 members (excludes halogenated alkanes) is 52. The summed E-state index contributed by atoms with van der Waals surface area (Å²) >= 11 is 0. The molecule has 0 bridgehead atoms. The maximum absolute atomic E-state index is 13.0. The summed E-state index contributed by atoms with van der Waals surface area (Å²) in [5.41, 5.74) is 0. The minimum absolute atomic E-state index is 0.0169. The van der Waals surface area contributed by atoms with Gasteiger partial charge < -0.3 is 28.8 Å². The third-order valence-corrected chi connectivity index (χ3v) is 17.3. The van der Waals surface area contributed by atoms with Crippen molar-refractivity contribution in [1.29, 1.82) is 0 Å². The van der Waals surface area contributed by atoms with E-state index in [-0.39, 0.29) is 19.1 Å². The lowest BCUT2D eigenvalue weighted by atomic mass is 10.0. The number of phosphoric acid groups is 1. The average molecular weight is 1100 g/mol. The molecular weight excluding hydrogens is 960 g/mol. The molecule has 0 aliphatic rings. The topological polar surface area (TPSA) is 108 Å². The fourth-order valence-corrected chi connectivity index (χ4v) is 11.7. The lowest BCUT2D eigenvalue weighted by molar-refractivity contribution is -0.870. The van der Waals surface area contributed by atoms with Gasteiger partial charge >= 0.3 is 0 Å². The molecule has 0 saturated carbocycles. The van der Waals surface area contributed by atoms with Crippen LogP contribution in [-0.4, -0.2) is 68.5 Å². The highest BCUT2D eigenvalue weighted by atomic mass is 31.2. The first-order valence-electron chi connectivity index (χ1n) is 34.4. The highest BCUT2D eigenvalue weighted by Crippen LogP contribution is 2.38. The Morgan fingerprint density at radius 3 is 0.895 bits per heavy atom. The van der Waals surface area contributed by atoms with Crippen LogP contribution in [0.5, 0.6) is 0 Å². The van der Waals surface area contributed by atoms with Crippen molar-refractivity contribution in [3.8, 4) is 0 Å². The molecule has 8 nitrogen and oxygen atoms in total. The molecule has 3 atom stereocenters. The largest absolute Gasteiger partial charge is 0.756 e. The number of carbonyl (C=O) groups excluding carboxylic acids is 1. The van der Waals surface area contributed by atoms with Gasteiger partial charge in [0.2, 0.25) is 5.91 Å². The first kappa shape index (κ1) is 75.5. The summed E-state index contributed by atoms with van der Waals surface area (Å²) in [6.07, 6.45) is 73.2. The lowest BCUT2D eigenvalue weighted by Crippen LogP contribution is -2.46. The Morgan fingerprint density at radius 2 is 0.645 bits per heavy atom. The molecule has 0 aliphatic heterocycles. The number of phosphoric ester groups is 1. The van der Waals surface area contributed by atoms with Crippen LogP contribution in [-0.2, 0) is 18.4 Å². The van der Waals surface area contributed by atoms with E-state index in [1.807, 2.05) is 21.1 Å². The van der Waals surface area contributed by atoms with E-state index in [0.717, 1.165) is 38.5 Å². The molecule has 76 heavy (non-hydrogen) atoms. The van der Waals surface area contributed by atoms with Gasteiger partial charge in [-0.25, -0.2) is 0 Å². The number of nitrogens with one attached hydrogen (secondary N) is 1. The molecule has 456 valence electrons. The van der Waals surface area contributed by atoms with E-state index < -0.39 is 20.0 Å². The number of carbonyl (C=O) groups is 1. The maximum atomic E-state index is 13.0. The van der Waals surface area contributed by atoms with E-state index >= 15 is 0 Å². The lowest BCUT2D eigenvalue weighted by Gasteiger charge is -2.30. The molecule has 0 fully saturated rings. The van der Waals surface area contributed by atoms with Gasteiger partial charge in [0.1, 0.15) is 13.2 Å². The Kier molecular flexibility index (Phi) is 58.7. The normalized spacial score (nSPS) is 13.6. The fraction of sp³-hybridized carbons (Fsp3) is 0.985. The molecule has 0 aliphatic carbocycles. The zero-order chi connectivity index (χ0) is 55.6. The molecule has 0 radical (unpaired) electrons. The van der Waals surface area contributed by atoms with E-state index in [9.17, 15) is 19.4 Å². The second-order valence-corrected chi connectivity index (χ2v) is 26.7. The van der Waals surface area contributed by atoms with E-state index in [0.29, 0.717) is 23.9 Å². The Bertz CT molecular complexity index is 1200. The Balaban J connectivity index is 3.96. The molecule has 0 aromatic rings. The summed E-state index contributed by atoms with van der Waals surface area (Å²) in [7, 11) is 1.33. The van der Waals surface area contributed by atoms with E-state index in [2.05, 4.69) is 19.2 Å². The van der Waals surface area contributed by atoms with Crippen LogP contribution in [0.4, 0.5) is 0 Å². The number of nitrogens with zero attached hydrogens (tertiary/aromatic N) is 1. The second kappa shape index (κ2) is 59.1. The molecule has 3 unspecified atom stereocenters. The number of quaternary nitrogens is 1. The maximum Gasteiger partial charge on any atom is 0.268 e. The van der Waals surface area contributed by atoms with Crippen molar-refractivity contribution < 1.29 is 32.9 Å². The Morgan fingerprint density at radius 1 is 0.408 bits per heavy atom. The van der Waals surface area contributed by atoms with Gasteiger partial charge in [-0.05, 0) is 12.8 Å². The molecule has 2 N–H and O–H groups in total. The molecule has 1 amide bonds. The standard InChI is InChI=1S/C67H137N2O6P/c1-6-8-10-12-14-16-18-20-22-24-26-28-29-30-31-32-33-34-35-36-37-38-39-41-42-44-46-48-50-52-54-56-58-60-66(70)65(64-75-76(72,73)74-63-62-69(3,4)5)68-67(71)61-59-57-55-53-51-49-47-45-43-40-27-25-23-21-19-17-15-13-11-9-7-2/h65-66,70H,6-64H2,1-5H3,(H-,68,71,72,73). The Labute approximate surface area is 476 Å². The van der Waals surface area contributed by atoms with Crippen molar-refractivity contribution in [2.75, 3.05) is 40.9 Å². The molecule has 0 heterocycles. The van der Waals surface area contributed by atoms with E-state index in [1.165, 1.54) is 308 Å². The van der Waals surface area contributed by atoms with Crippen LogP contribution < -0.4 is 10.2 Å². The monoisotopic (exact) mass is 1100 g/mol. The van der Waals surface area contributed by atoms with Crippen molar-refractivity contribution in [3.05, 3.63) is 0 Å². The molecule has 0 rings (SSSR count). The zero-order valence-electron chi connectivity index (χ0n) is 52.3. The SMILES string of the molecule is CCCCCCCCCCCCCCCCCCCCCCCCCCCCCCCCCCCC(O)C(COP(=O)([O-])OCC[N+](C)(C)C)NC(=O)CCCCCCCCCCCCCCCCCCCCCCC. The van der Waals surface area contributed by atoms with Crippen LogP contribution in [0.25, 0.3) is 0 Å². The van der Waals surface area contributed by atoms with Crippen LogP contribution in [0, 0.1) is 0 Å². The molecule has 9 heteroatoms. The van der Waals surface area contributed by atoms with Gasteiger partial charge in [0.05, 0.1) is 39.9 Å². The van der Waals surface area contributed by atoms with Gasteiger partial charge in [-0.15, -0.1) is 0 Å². The van der Waals surface area contributed by atoms with Gasteiger partial charge in [-0.3, -0.25) is 9.36 Å². The summed E-state index contributed by atoms with van der Waals surface area (Å²) < 4.78 is 23.5. The number of amides is 1. The number of hydrogen-bond donors (Lipinski definition) is 2. The van der Waals surface area contributed by atoms with Gasteiger partial charge in [-0.1, -0.05) is 354 Å². The van der Waals surface area contributed by atoms with E-state index in [4.69, 9.17) is 9.05 Å². The first-order chi connectivity index (χ1) is 37.0. The average Bonchev–Trinajstić information content (AvgIpc) is 3.38. The van der Waals surface area contributed by atoms with Crippen LogP contribution >= 0.6 is 7.82 Å². The predicted octanol–water partition coefficient (Wildman–Crippen LogP) is 20.9. The fourth-order valence-electron chi connectivity index (χ4n) is 11.0. The summed E-state index contributed by atoms with van der Waals surface area (Å²) in [6.45, 7) is 4.80. The predicted molar refractivity (Wildman–Crippen MR) is 330 cm³/mol.